The quantitative estimate of drug-likeness (QED) is 0.211. The van der Waals surface area contributed by atoms with Crippen molar-refractivity contribution < 1.29 is 63.2 Å². The molecule has 5 aliphatic heterocycles. The molecule has 0 aromatic heterocycles. The average Bonchev–Trinajstić information content (AvgIpc) is 3.35. The molecule has 1 saturated heterocycles. The third-order valence-electron chi connectivity index (χ3n) is 7.88. The minimum Gasteiger partial charge on any atom is -0.493 e. The van der Waals surface area contributed by atoms with Gasteiger partial charge in [0.15, 0.2) is 11.5 Å². The van der Waals surface area contributed by atoms with E-state index in [1.807, 2.05) is 12.1 Å². The predicted molar refractivity (Wildman–Crippen MR) is 139 cm³/mol. The molecule has 0 spiro atoms. The minimum atomic E-state index is -2.17. The lowest BCUT2D eigenvalue weighted by atomic mass is 9.81. The molecule has 0 aliphatic carbocycles. The van der Waals surface area contributed by atoms with Crippen molar-refractivity contribution in [2.45, 2.75) is 55.1 Å². The number of fused-ring (bicyclic) bond motifs is 8. The molecule has 222 valence electrons. The molecular formula is C29H28O13. The summed E-state index contributed by atoms with van der Waals surface area (Å²) in [7, 11) is 3.08. The predicted octanol–water partition coefficient (Wildman–Crippen LogP) is 0.643. The third kappa shape index (κ3) is 4.53. The Morgan fingerprint density at radius 3 is 2.64 bits per heavy atom. The van der Waals surface area contributed by atoms with Crippen molar-refractivity contribution in [1.29, 1.82) is 0 Å². The van der Waals surface area contributed by atoms with Crippen LogP contribution in [0.1, 0.15) is 41.6 Å². The Morgan fingerprint density at radius 2 is 1.90 bits per heavy atom. The van der Waals surface area contributed by atoms with Crippen LogP contribution in [0, 0.1) is 11.8 Å². The van der Waals surface area contributed by atoms with Crippen LogP contribution in [0.2, 0.25) is 0 Å². The number of carbonyl (C=O) groups excluding carboxylic acids is 1. The first-order valence-corrected chi connectivity index (χ1v) is 13.1. The van der Waals surface area contributed by atoms with Crippen molar-refractivity contribution in [2.24, 2.45) is 0 Å². The van der Waals surface area contributed by atoms with Gasteiger partial charge in [0.05, 0.1) is 32.3 Å². The second-order valence-corrected chi connectivity index (χ2v) is 10.3. The molecular weight excluding hydrogens is 556 g/mol. The number of carbonyl (C=O) groups is 2. The Labute approximate surface area is 239 Å². The number of esters is 1. The van der Waals surface area contributed by atoms with Crippen LogP contribution < -0.4 is 23.7 Å². The van der Waals surface area contributed by atoms with Crippen molar-refractivity contribution in [3.8, 4) is 40.6 Å². The number of methoxy groups -OCH3 is 2. The highest BCUT2D eigenvalue weighted by molar-refractivity contribution is 5.90. The summed E-state index contributed by atoms with van der Waals surface area (Å²) in [6.45, 7) is -0.313. The van der Waals surface area contributed by atoms with Crippen molar-refractivity contribution >= 4 is 11.9 Å². The first kappa shape index (κ1) is 27.9. The van der Waals surface area contributed by atoms with Crippen LogP contribution in [0.4, 0.5) is 0 Å². The molecule has 2 aromatic rings. The Hall–Kier alpha value is -4.22. The maximum absolute atomic E-state index is 11.8. The molecule has 5 aliphatic rings. The van der Waals surface area contributed by atoms with E-state index in [-0.39, 0.29) is 18.1 Å². The number of hydrogen-bond donors (Lipinski definition) is 4. The first-order valence-electron chi connectivity index (χ1n) is 13.1. The van der Waals surface area contributed by atoms with E-state index in [0.717, 1.165) is 5.56 Å². The molecule has 13 heteroatoms. The van der Waals surface area contributed by atoms with E-state index in [1.165, 1.54) is 7.11 Å². The van der Waals surface area contributed by atoms with Gasteiger partial charge in [-0.3, -0.25) is 9.59 Å². The maximum Gasteiger partial charge on any atom is 0.317 e. The summed E-state index contributed by atoms with van der Waals surface area (Å²) in [5, 5.41) is 41.7. The molecule has 2 aromatic carbocycles. The lowest BCUT2D eigenvalue weighted by molar-refractivity contribution is -0.312. The molecule has 0 unspecified atom stereocenters. The summed E-state index contributed by atoms with van der Waals surface area (Å²) >= 11 is 0. The lowest BCUT2D eigenvalue weighted by Crippen LogP contribution is -2.68. The van der Waals surface area contributed by atoms with E-state index in [1.54, 1.807) is 19.2 Å². The van der Waals surface area contributed by atoms with Gasteiger partial charge < -0.3 is 53.6 Å². The highest BCUT2D eigenvalue weighted by atomic mass is 16.7. The number of benzene rings is 2. The zero-order valence-electron chi connectivity index (χ0n) is 22.6. The Bertz CT molecular complexity index is 1490. The number of carboxylic acids is 1. The van der Waals surface area contributed by atoms with Crippen LogP contribution in [0.5, 0.6) is 28.7 Å². The van der Waals surface area contributed by atoms with Crippen LogP contribution in [0.3, 0.4) is 0 Å². The van der Waals surface area contributed by atoms with E-state index in [9.17, 15) is 24.9 Å². The number of aliphatic hydroxyl groups is 3. The normalized spacial score (nSPS) is 29.9. The van der Waals surface area contributed by atoms with Gasteiger partial charge in [0.25, 0.3) is 0 Å². The summed E-state index contributed by atoms with van der Waals surface area (Å²) in [5.74, 6) is 5.38. The molecule has 0 amide bonds. The van der Waals surface area contributed by atoms with Crippen molar-refractivity contribution in [1.82, 2.24) is 0 Å². The van der Waals surface area contributed by atoms with Crippen LogP contribution in [-0.2, 0) is 19.1 Å². The second kappa shape index (κ2) is 10.6. The Balaban J connectivity index is 1.32. The van der Waals surface area contributed by atoms with E-state index in [4.69, 9.17) is 38.3 Å². The Morgan fingerprint density at radius 1 is 1.10 bits per heavy atom. The van der Waals surface area contributed by atoms with Crippen LogP contribution >= 0.6 is 0 Å². The highest BCUT2D eigenvalue weighted by Crippen LogP contribution is 2.56. The fourth-order valence-corrected chi connectivity index (χ4v) is 5.70. The lowest BCUT2D eigenvalue weighted by Gasteiger charge is -2.47. The number of ether oxygens (including phenoxy) is 7. The monoisotopic (exact) mass is 584 g/mol. The molecule has 13 nitrogen and oxygen atoms in total. The van der Waals surface area contributed by atoms with Gasteiger partial charge in [-0.25, -0.2) is 0 Å². The first-order chi connectivity index (χ1) is 20.1. The van der Waals surface area contributed by atoms with Gasteiger partial charge in [-0.2, -0.15) is 0 Å². The molecule has 1 fully saturated rings. The van der Waals surface area contributed by atoms with Gasteiger partial charge >= 0.3 is 11.9 Å². The minimum absolute atomic E-state index is 0.139. The van der Waals surface area contributed by atoms with Crippen molar-refractivity contribution in [3.63, 3.8) is 0 Å². The van der Waals surface area contributed by atoms with E-state index < -0.39 is 61.3 Å². The van der Waals surface area contributed by atoms with Crippen molar-refractivity contribution in [3.05, 3.63) is 41.0 Å². The Kier molecular flexibility index (Phi) is 7.02. The number of aliphatic carboxylic acids is 1. The van der Waals surface area contributed by atoms with Gasteiger partial charge in [-0.15, -0.1) is 0 Å². The smallest absolute Gasteiger partial charge is 0.317 e. The summed E-state index contributed by atoms with van der Waals surface area (Å²) in [4.78, 5) is 22.6. The van der Waals surface area contributed by atoms with E-state index in [2.05, 4.69) is 11.8 Å². The zero-order valence-corrected chi connectivity index (χ0v) is 22.6. The molecule has 42 heavy (non-hydrogen) atoms. The van der Waals surface area contributed by atoms with Gasteiger partial charge in [0.2, 0.25) is 12.0 Å². The fraction of sp³-hybridized carbons (Fsp3) is 0.448. The summed E-state index contributed by atoms with van der Waals surface area (Å²) in [6, 6.07) is 7.06. The van der Waals surface area contributed by atoms with Crippen LogP contribution in [0.15, 0.2) is 24.3 Å². The largest absolute Gasteiger partial charge is 0.493 e. The summed E-state index contributed by atoms with van der Waals surface area (Å²) < 4.78 is 40.1. The molecule has 0 saturated carbocycles. The maximum atomic E-state index is 11.8. The number of hydrogen-bond acceptors (Lipinski definition) is 12. The third-order valence-corrected chi connectivity index (χ3v) is 7.88. The average molecular weight is 585 g/mol. The van der Waals surface area contributed by atoms with Gasteiger partial charge in [-0.05, 0) is 12.1 Å². The zero-order chi connectivity index (χ0) is 29.8. The van der Waals surface area contributed by atoms with Gasteiger partial charge in [-0.1, -0.05) is 17.9 Å². The summed E-state index contributed by atoms with van der Waals surface area (Å²) in [5.41, 5.74) is -0.161. The molecule has 2 bridgehead atoms. The number of rotatable bonds is 6. The SMILES string of the molecule is COc1ccc2c(c1OC)O[C@H]1c3cc4c(cc3OC[C@@H]21)O[C@@H]1O[C@H](COC(=O)CC(=O)O)[C@](O)(CC#C4)[C@H](O)[C@H]1O. The number of aliphatic hydroxyl groups excluding tert-OH is 2. The molecule has 5 heterocycles. The van der Waals surface area contributed by atoms with Gasteiger partial charge in [0.1, 0.15) is 54.5 Å². The molecule has 0 radical (unpaired) electrons. The standard InChI is InChI=1S/C29H28O13/c1-36-17-6-5-14-16-11-38-19-9-18-13(8-15(19)24(16)42-25(14)26(17)37-2)4-3-7-29(35)20(12-39-22(32)10-21(30)31)41-28(40-18)23(33)27(29)34/h5-6,8-9,16,20,23-24,27-28,33-35H,7,10-12H2,1-2H3,(H,30,31)/t16-,20+,23+,24-,27+,28+,29+/m0/s1. The van der Waals surface area contributed by atoms with E-state index in [0.29, 0.717) is 40.7 Å². The summed E-state index contributed by atoms with van der Waals surface area (Å²) in [6.07, 6.45) is -8.08. The van der Waals surface area contributed by atoms with Gasteiger partial charge in [0, 0.05) is 23.6 Å². The van der Waals surface area contributed by atoms with Crippen LogP contribution in [0.25, 0.3) is 0 Å². The highest BCUT2D eigenvalue weighted by Gasteiger charge is 2.56. The molecule has 7 atom stereocenters. The topological polar surface area (TPSA) is 180 Å². The van der Waals surface area contributed by atoms with E-state index >= 15 is 0 Å². The number of carboxylic acid groups (broad SMARTS) is 1. The van der Waals surface area contributed by atoms with Crippen molar-refractivity contribution in [2.75, 3.05) is 27.4 Å². The molecule has 7 rings (SSSR count). The molecule has 4 N–H and O–H groups in total. The second-order valence-electron chi connectivity index (χ2n) is 10.3. The van der Waals surface area contributed by atoms with Crippen LogP contribution in [-0.4, -0.2) is 90.0 Å². The fourth-order valence-electron chi connectivity index (χ4n) is 5.70.